The zero-order valence-electron chi connectivity index (χ0n) is 9.88. The van der Waals surface area contributed by atoms with Gasteiger partial charge in [0.15, 0.2) is 16.2 Å². The quantitative estimate of drug-likeness (QED) is 0.893. The first-order valence-electron chi connectivity index (χ1n) is 5.28. The van der Waals surface area contributed by atoms with E-state index in [9.17, 15) is 9.59 Å². The first-order chi connectivity index (χ1) is 8.95. The molecule has 100 valence electrons. The Balaban J connectivity index is 2.09. The van der Waals surface area contributed by atoms with Crippen molar-refractivity contribution in [3.63, 3.8) is 0 Å². The summed E-state index contributed by atoms with van der Waals surface area (Å²) < 4.78 is 6.87. The van der Waals surface area contributed by atoms with Crippen molar-refractivity contribution in [2.75, 3.05) is 5.32 Å². The summed E-state index contributed by atoms with van der Waals surface area (Å²) in [7, 11) is 0. The number of carbonyl (C=O) groups excluding carboxylic acids is 1. The zero-order valence-corrected chi connectivity index (χ0v) is 11.5. The molecule has 0 aliphatic rings. The number of anilines is 1. The standard InChI is InChI=1S/C11H10BrN3O4/c1-6-4-7(12)19-10(6)11(18)13-8-2-3-15(14-8)5-9(16)17/h2-4H,5H2,1H3,(H,16,17)(H,13,14,18). The molecule has 2 aromatic rings. The minimum Gasteiger partial charge on any atom is -0.480 e. The van der Waals surface area contributed by atoms with E-state index in [4.69, 9.17) is 9.52 Å². The number of halogens is 1. The van der Waals surface area contributed by atoms with Gasteiger partial charge in [0.05, 0.1) is 0 Å². The molecule has 0 saturated carbocycles. The SMILES string of the molecule is Cc1cc(Br)oc1C(=O)Nc1ccn(CC(=O)O)n1. The number of carboxylic acids is 1. The number of aromatic nitrogens is 2. The van der Waals surface area contributed by atoms with E-state index in [0.717, 1.165) is 0 Å². The van der Waals surface area contributed by atoms with Gasteiger partial charge in [0.2, 0.25) is 0 Å². The average molecular weight is 328 g/mol. The largest absolute Gasteiger partial charge is 0.480 e. The number of hydrogen-bond donors (Lipinski definition) is 2. The highest BCUT2D eigenvalue weighted by atomic mass is 79.9. The molecule has 1 amide bonds. The van der Waals surface area contributed by atoms with Crippen molar-refractivity contribution >= 4 is 33.6 Å². The van der Waals surface area contributed by atoms with Crippen molar-refractivity contribution in [3.8, 4) is 0 Å². The van der Waals surface area contributed by atoms with E-state index in [1.165, 1.54) is 16.9 Å². The molecular weight excluding hydrogens is 318 g/mol. The van der Waals surface area contributed by atoms with E-state index in [2.05, 4.69) is 26.3 Å². The maximum absolute atomic E-state index is 11.9. The smallest absolute Gasteiger partial charge is 0.325 e. The predicted molar refractivity (Wildman–Crippen MR) is 69.0 cm³/mol. The lowest BCUT2D eigenvalue weighted by molar-refractivity contribution is -0.137. The van der Waals surface area contributed by atoms with Crippen LogP contribution in [0.15, 0.2) is 27.4 Å². The van der Waals surface area contributed by atoms with Gasteiger partial charge >= 0.3 is 5.97 Å². The van der Waals surface area contributed by atoms with Gasteiger partial charge in [-0.2, -0.15) is 5.10 Å². The highest BCUT2D eigenvalue weighted by Gasteiger charge is 2.16. The van der Waals surface area contributed by atoms with Crippen molar-refractivity contribution in [3.05, 3.63) is 34.3 Å². The number of carbonyl (C=O) groups is 2. The third-order valence-corrected chi connectivity index (χ3v) is 2.66. The first-order valence-corrected chi connectivity index (χ1v) is 6.07. The predicted octanol–water partition coefficient (Wildman–Crippen LogP) is 1.88. The molecule has 2 rings (SSSR count). The summed E-state index contributed by atoms with van der Waals surface area (Å²) in [4.78, 5) is 22.4. The van der Waals surface area contributed by atoms with Crippen molar-refractivity contribution in [2.45, 2.75) is 13.5 Å². The molecule has 0 aliphatic heterocycles. The number of aryl methyl sites for hydroxylation is 1. The number of nitrogens with zero attached hydrogens (tertiary/aromatic N) is 2. The molecular formula is C11H10BrN3O4. The normalized spacial score (nSPS) is 10.4. The van der Waals surface area contributed by atoms with Gasteiger partial charge in [0.25, 0.3) is 5.91 Å². The van der Waals surface area contributed by atoms with E-state index < -0.39 is 11.9 Å². The number of furan rings is 1. The first kappa shape index (κ1) is 13.3. The number of amides is 1. The fourth-order valence-electron chi connectivity index (χ4n) is 1.50. The summed E-state index contributed by atoms with van der Waals surface area (Å²) in [6, 6.07) is 3.19. The zero-order chi connectivity index (χ0) is 14.0. The van der Waals surface area contributed by atoms with E-state index in [1.54, 1.807) is 13.0 Å². The summed E-state index contributed by atoms with van der Waals surface area (Å²) in [5, 5.41) is 15.0. The highest BCUT2D eigenvalue weighted by Crippen LogP contribution is 2.20. The van der Waals surface area contributed by atoms with Gasteiger partial charge < -0.3 is 14.8 Å². The molecule has 0 spiro atoms. The van der Waals surface area contributed by atoms with Crippen LogP contribution < -0.4 is 5.32 Å². The van der Waals surface area contributed by atoms with Gasteiger partial charge in [-0.3, -0.25) is 14.3 Å². The minimum atomic E-state index is -1.01. The van der Waals surface area contributed by atoms with E-state index in [1.807, 2.05) is 0 Å². The maximum Gasteiger partial charge on any atom is 0.325 e. The molecule has 0 bridgehead atoms. The van der Waals surface area contributed by atoms with Crippen LogP contribution in [0.5, 0.6) is 0 Å². The molecule has 8 heteroatoms. The Bertz CT molecular complexity index is 632. The Morgan fingerprint density at radius 1 is 1.58 bits per heavy atom. The fraction of sp³-hybridized carbons (Fsp3) is 0.182. The van der Waals surface area contributed by atoms with Crippen LogP contribution in [0.1, 0.15) is 16.1 Å². The van der Waals surface area contributed by atoms with Gasteiger partial charge in [-0.05, 0) is 28.9 Å². The van der Waals surface area contributed by atoms with E-state index >= 15 is 0 Å². The molecule has 0 unspecified atom stereocenters. The Kier molecular flexibility index (Phi) is 3.70. The van der Waals surface area contributed by atoms with Crippen LogP contribution in [0.4, 0.5) is 5.82 Å². The Hall–Kier alpha value is -2.09. The van der Waals surface area contributed by atoms with E-state index in [-0.39, 0.29) is 18.1 Å². The molecule has 7 nitrogen and oxygen atoms in total. The summed E-state index contributed by atoms with van der Waals surface area (Å²) in [6.45, 7) is 1.48. The number of carboxylic acid groups (broad SMARTS) is 1. The maximum atomic E-state index is 11.9. The van der Waals surface area contributed by atoms with Crippen molar-refractivity contribution in [1.82, 2.24) is 9.78 Å². The molecule has 2 heterocycles. The van der Waals surface area contributed by atoms with Crippen LogP contribution in [-0.2, 0) is 11.3 Å². The molecule has 0 radical (unpaired) electrons. The molecule has 2 N–H and O–H groups in total. The van der Waals surface area contributed by atoms with Crippen molar-refractivity contribution in [2.24, 2.45) is 0 Å². The molecule has 2 aromatic heterocycles. The van der Waals surface area contributed by atoms with Gasteiger partial charge in [0, 0.05) is 17.8 Å². The second kappa shape index (κ2) is 5.27. The van der Waals surface area contributed by atoms with Gasteiger partial charge in [-0.25, -0.2) is 0 Å². The second-order valence-corrected chi connectivity index (χ2v) is 4.59. The number of nitrogens with one attached hydrogen (secondary N) is 1. The Morgan fingerprint density at radius 2 is 2.32 bits per heavy atom. The number of hydrogen-bond acceptors (Lipinski definition) is 4. The van der Waals surface area contributed by atoms with Gasteiger partial charge in [0.1, 0.15) is 6.54 Å². The summed E-state index contributed by atoms with van der Waals surface area (Å²) >= 11 is 3.14. The molecule has 0 aliphatic carbocycles. The third-order valence-electron chi connectivity index (χ3n) is 2.27. The third kappa shape index (κ3) is 3.22. The number of aliphatic carboxylic acids is 1. The summed E-state index contributed by atoms with van der Waals surface area (Å²) in [6.07, 6.45) is 1.47. The van der Waals surface area contributed by atoms with Crippen LogP contribution in [-0.4, -0.2) is 26.8 Å². The summed E-state index contributed by atoms with van der Waals surface area (Å²) in [5.41, 5.74) is 0.689. The van der Waals surface area contributed by atoms with Crippen molar-refractivity contribution in [1.29, 1.82) is 0 Å². The van der Waals surface area contributed by atoms with Crippen LogP contribution in [0, 0.1) is 6.92 Å². The molecule has 0 saturated heterocycles. The topological polar surface area (TPSA) is 97.4 Å². The molecule has 0 fully saturated rings. The lowest BCUT2D eigenvalue weighted by atomic mass is 10.3. The van der Waals surface area contributed by atoms with Crippen molar-refractivity contribution < 1.29 is 19.1 Å². The fourth-order valence-corrected chi connectivity index (χ4v) is 2.00. The number of rotatable bonds is 4. The van der Waals surface area contributed by atoms with Crippen LogP contribution >= 0.6 is 15.9 Å². The molecule has 0 atom stereocenters. The van der Waals surface area contributed by atoms with E-state index in [0.29, 0.717) is 10.2 Å². The van der Waals surface area contributed by atoms with Gasteiger partial charge in [-0.1, -0.05) is 0 Å². The summed E-state index contributed by atoms with van der Waals surface area (Å²) in [5.74, 6) is -1.01. The van der Waals surface area contributed by atoms with Crippen LogP contribution in [0.3, 0.4) is 0 Å². The molecule has 19 heavy (non-hydrogen) atoms. The lowest BCUT2D eigenvalue weighted by Gasteiger charge is -2.00. The van der Waals surface area contributed by atoms with Gasteiger partial charge in [-0.15, -0.1) is 0 Å². The molecule has 0 aromatic carbocycles. The Morgan fingerprint density at radius 3 is 2.89 bits per heavy atom. The second-order valence-electron chi connectivity index (χ2n) is 3.81. The van der Waals surface area contributed by atoms with Crippen LogP contribution in [0.25, 0.3) is 0 Å². The van der Waals surface area contributed by atoms with Crippen LogP contribution in [0.2, 0.25) is 0 Å². The minimum absolute atomic E-state index is 0.180. The monoisotopic (exact) mass is 327 g/mol. The Labute approximate surface area is 116 Å². The lowest BCUT2D eigenvalue weighted by Crippen LogP contribution is -2.14. The highest BCUT2D eigenvalue weighted by molar-refractivity contribution is 9.10. The average Bonchev–Trinajstić information content (AvgIpc) is 2.84.